The van der Waals surface area contributed by atoms with Crippen molar-refractivity contribution in [3.63, 3.8) is 0 Å². The number of ether oxygens (including phenoxy) is 7. The Labute approximate surface area is 306 Å². The van der Waals surface area contributed by atoms with Crippen LogP contribution in [0.1, 0.15) is 12.5 Å². The molecule has 1 spiro atoms. The van der Waals surface area contributed by atoms with Gasteiger partial charge >= 0.3 is 17.9 Å². The van der Waals surface area contributed by atoms with Crippen molar-refractivity contribution in [2.24, 2.45) is 11.8 Å². The van der Waals surface area contributed by atoms with Crippen LogP contribution in [0, 0.1) is 11.8 Å². The molecule has 15 atom stereocenters. The topological polar surface area (TPSA) is 298 Å². The smallest absolute Gasteiger partial charge is 0.338 e. The van der Waals surface area contributed by atoms with E-state index in [2.05, 4.69) is 0 Å². The molecule has 0 bridgehead atoms. The number of rotatable bonds is 11. The van der Waals surface area contributed by atoms with Gasteiger partial charge in [-0.15, -0.1) is 0 Å². The fourth-order valence-electron chi connectivity index (χ4n) is 6.86. The molecule has 4 heterocycles. The van der Waals surface area contributed by atoms with E-state index in [1.165, 1.54) is 43.4 Å². The van der Waals surface area contributed by atoms with Crippen LogP contribution in [-0.4, -0.2) is 156 Å². The number of hydrogen-bond acceptors (Lipinski definition) is 18. The largest absolute Gasteiger partial charge is 0.508 e. The number of aromatic hydroxyl groups is 1. The number of benzene rings is 1. The molecule has 1 aliphatic carbocycles. The third kappa shape index (κ3) is 7.66. The molecule has 4 aliphatic heterocycles. The molecular weight excluding hydrogens is 724 g/mol. The highest BCUT2D eigenvalue weighted by atomic mass is 16.8. The van der Waals surface area contributed by atoms with E-state index < -0.39 is 122 Å². The summed E-state index contributed by atoms with van der Waals surface area (Å²) in [6, 6.07) is 5.99. The summed E-state index contributed by atoms with van der Waals surface area (Å²) in [6.45, 7) is 0.0411. The lowest BCUT2D eigenvalue weighted by Gasteiger charge is -2.45. The Kier molecular flexibility index (Phi) is 11.6. The fraction of sp³-hybridized carbons (Fsp3) is 0.514. The zero-order valence-corrected chi connectivity index (χ0v) is 28.4. The first-order valence-corrected chi connectivity index (χ1v) is 16.8. The van der Waals surface area contributed by atoms with Gasteiger partial charge in [-0.1, -0.05) is 18.2 Å². The van der Waals surface area contributed by atoms with E-state index in [9.17, 15) is 60.3 Å². The summed E-state index contributed by atoms with van der Waals surface area (Å²) < 4.78 is 39.3. The van der Waals surface area contributed by atoms with Crippen molar-refractivity contribution >= 4 is 24.0 Å². The standard InChI is InChI=1S/C35H40O19/c1-14(50-22(38)7-4-15-2-5-16(37)6-3-15)18-10-35(54-31(18)47)9-8-17-19(30(45)46)12-48-32(23(17)35)53-34-29(44)27(42)25(40)21(52-34)13-49-33-28(43)26(41)24(39)20(11-36)51-33/h2-10,12,14,17,20-21,23-29,32-34,36-37,39-44H,11,13H2,1H3,(H,45,46)/b7-4+/t14-,17-,20-,21-,23-,24-,25-,26+,27+,28-,29-,32+,33-,34+,35+/m1/s1. The molecule has 1 aromatic rings. The van der Waals surface area contributed by atoms with Gasteiger partial charge in [-0.05, 0) is 42.8 Å². The van der Waals surface area contributed by atoms with Gasteiger partial charge in [-0.3, -0.25) is 0 Å². The quantitative estimate of drug-likeness (QED) is 0.0630. The SMILES string of the molecule is C[C@@H](OC(=O)/C=C/c1ccc(O)cc1)C1=C[C@]2(C=C[C@@H]3C(C(=O)O)=CO[C@@H](O[C@@H]4O[C@H](CO[C@@H]5O[C@H](CO)[C@@H](O)[C@H](O)[C@H]5O)[C@@H](O)[C@H](O)[C@H]4O)[C@@H]32)OC1=O. The second-order valence-corrected chi connectivity index (χ2v) is 13.3. The molecule has 54 heavy (non-hydrogen) atoms. The van der Waals surface area contributed by atoms with E-state index in [0.717, 1.165) is 12.3 Å². The number of phenolic OH excluding ortho intramolecular Hbond substituents is 1. The Balaban J connectivity index is 1.18. The molecule has 0 amide bonds. The minimum Gasteiger partial charge on any atom is -0.508 e. The van der Waals surface area contributed by atoms with Crippen LogP contribution in [0.3, 0.4) is 0 Å². The first-order chi connectivity index (χ1) is 25.6. The number of carboxylic acids is 1. The van der Waals surface area contributed by atoms with Crippen LogP contribution < -0.4 is 0 Å². The predicted molar refractivity (Wildman–Crippen MR) is 174 cm³/mol. The maximum atomic E-state index is 13.3. The molecule has 19 nitrogen and oxygen atoms in total. The van der Waals surface area contributed by atoms with Crippen molar-refractivity contribution in [3.05, 3.63) is 71.5 Å². The Morgan fingerprint density at radius 1 is 0.907 bits per heavy atom. The van der Waals surface area contributed by atoms with E-state index in [1.807, 2.05) is 0 Å². The lowest BCUT2D eigenvalue weighted by molar-refractivity contribution is -0.355. The van der Waals surface area contributed by atoms with Gasteiger partial charge in [0.05, 0.1) is 36.5 Å². The molecule has 6 rings (SSSR count). The summed E-state index contributed by atoms with van der Waals surface area (Å²) in [6.07, 6.45) is -12.1. The van der Waals surface area contributed by atoms with Gasteiger partial charge in [0.1, 0.15) is 60.7 Å². The molecule has 19 heteroatoms. The van der Waals surface area contributed by atoms with Gasteiger partial charge in [-0.25, -0.2) is 14.4 Å². The van der Waals surface area contributed by atoms with Gasteiger partial charge in [0.15, 0.2) is 18.2 Å². The second-order valence-electron chi connectivity index (χ2n) is 13.3. The Morgan fingerprint density at radius 3 is 2.22 bits per heavy atom. The number of carbonyl (C=O) groups excluding carboxylic acids is 2. The molecular formula is C35H40O19. The Bertz CT molecular complexity index is 1690. The van der Waals surface area contributed by atoms with E-state index in [-0.39, 0.29) is 16.9 Å². The van der Waals surface area contributed by atoms with E-state index in [4.69, 9.17) is 33.2 Å². The summed E-state index contributed by atoms with van der Waals surface area (Å²) in [7, 11) is 0. The number of aliphatic carboxylic acids is 1. The van der Waals surface area contributed by atoms with Crippen molar-refractivity contribution in [2.45, 2.75) is 86.3 Å². The highest BCUT2D eigenvalue weighted by Gasteiger charge is 2.60. The number of carboxylic acid groups (broad SMARTS) is 1. The van der Waals surface area contributed by atoms with Crippen molar-refractivity contribution in [3.8, 4) is 5.75 Å². The summed E-state index contributed by atoms with van der Waals surface area (Å²) in [5, 5.41) is 91.5. The summed E-state index contributed by atoms with van der Waals surface area (Å²) in [5.74, 6) is -5.21. The zero-order valence-electron chi connectivity index (χ0n) is 28.4. The fourth-order valence-corrected chi connectivity index (χ4v) is 6.86. The first-order valence-electron chi connectivity index (χ1n) is 16.8. The van der Waals surface area contributed by atoms with Crippen molar-refractivity contribution in [1.29, 1.82) is 0 Å². The van der Waals surface area contributed by atoms with Gasteiger partial charge in [0, 0.05) is 12.0 Å². The van der Waals surface area contributed by atoms with Gasteiger partial charge < -0.3 is 79.1 Å². The summed E-state index contributed by atoms with van der Waals surface area (Å²) in [4.78, 5) is 38.0. The number of fused-ring (bicyclic) bond motifs is 2. The maximum Gasteiger partial charge on any atom is 0.338 e. The molecule has 1 aromatic carbocycles. The summed E-state index contributed by atoms with van der Waals surface area (Å²) in [5.41, 5.74) is -1.46. The van der Waals surface area contributed by atoms with Crippen LogP contribution in [0.15, 0.2) is 66.0 Å². The monoisotopic (exact) mass is 764 g/mol. The van der Waals surface area contributed by atoms with Crippen LogP contribution in [-0.2, 0) is 47.5 Å². The number of hydrogen-bond donors (Lipinski definition) is 9. The number of carbonyl (C=O) groups is 3. The van der Waals surface area contributed by atoms with Crippen molar-refractivity contribution in [2.75, 3.05) is 13.2 Å². The van der Waals surface area contributed by atoms with E-state index in [1.54, 1.807) is 12.1 Å². The molecule has 2 fully saturated rings. The van der Waals surface area contributed by atoms with Crippen molar-refractivity contribution < 1.29 is 93.5 Å². The van der Waals surface area contributed by atoms with Crippen LogP contribution in [0.25, 0.3) is 6.08 Å². The van der Waals surface area contributed by atoms with Crippen LogP contribution >= 0.6 is 0 Å². The Hall–Kier alpha value is -4.25. The molecule has 2 saturated heterocycles. The van der Waals surface area contributed by atoms with E-state index >= 15 is 0 Å². The van der Waals surface area contributed by atoms with Crippen LogP contribution in [0.4, 0.5) is 0 Å². The molecule has 294 valence electrons. The molecule has 0 saturated carbocycles. The lowest BCUT2D eigenvalue weighted by atomic mass is 9.78. The van der Waals surface area contributed by atoms with Crippen molar-refractivity contribution in [1.82, 2.24) is 0 Å². The minimum absolute atomic E-state index is 0.0388. The average molecular weight is 765 g/mol. The van der Waals surface area contributed by atoms with Crippen LogP contribution in [0.2, 0.25) is 0 Å². The van der Waals surface area contributed by atoms with Gasteiger partial charge in [0.2, 0.25) is 6.29 Å². The zero-order chi connectivity index (χ0) is 39.1. The number of aliphatic hydroxyl groups excluding tert-OH is 7. The third-order valence-corrected chi connectivity index (χ3v) is 9.83. The normalized spacial score (nSPS) is 39.4. The Morgan fingerprint density at radius 2 is 1.56 bits per heavy atom. The second kappa shape index (κ2) is 15.8. The number of esters is 2. The lowest BCUT2D eigenvalue weighted by Crippen LogP contribution is -2.62. The van der Waals surface area contributed by atoms with Gasteiger partial charge in [0.25, 0.3) is 0 Å². The average Bonchev–Trinajstić information content (AvgIpc) is 3.69. The maximum absolute atomic E-state index is 13.3. The number of aliphatic hydroxyl groups is 7. The first kappa shape index (κ1) is 39.4. The van der Waals surface area contributed by atoms with Crippen LogP contribution in [0.5, 0.6) is 5.75 Å². The molecule has 0 unspecified atom stereocenters. The molecule has 9 N–H and O–H groups in total. The van der Waals surface area contributed by atoms with Gasteiger partial charge in [-0.2, -0.15) is 0 Å². The molecule has 0 aromatic heterocycles. The van der Waals surface area contributed by atoms with E-state index in [0.29, 0.717) is 5.56 Å². The summed E-state index contributed by atoms with van der Waals surface area (Å²) >= 11 is 0. The highest BCUT2D eigenvalue weighted by Crippen LogP contribution is 2.51. The number of phenols is 1. The minimum atomic E-state index is -1.92. The number of allylic oxidation sites excluding steroid dienone is 1. The third-order valence-electron chi connectivity index (χ3n) is 9.83. The highest BCUT2D eigenvalue weighted by molar-refractivity contribution is 5.95. The molecule has 5 aliphatic rings. The predicted octanol–water partition coefficient (Wildman–Crippen LogP) is -2.67. The molecule has 0 radical (unpaired) electrons.